The van der Waals surface area contributed by atoms with Crippen LogP contribution < -0.4 is 10.1 Å². The van der Waals surface area contributed by atoms with Gasteiger partial charge in [-0.05, 0) is 48.9 Å². The summed E-state index contributed by atoms with van der Waals surface area (Å²) in [7, 11) is 0. The number of amides is 1. The SMILES string of the molecule is CCOCCOc1nc(-c2cccc(F)c2)n(-c2ccc(NC(=O)COCc3ccccc3)cc2)n1. The van der Waals surface area contributed by atoms with Gasteiger partial charge in [0.2, 0.25) is 5.91 Å². The Morgan fingerprint density at radius 3 is 2.53 bits per heavy atom. The molecule has 0 saturated carbocycles. The first-order chi connectivity index (χ1) is 17.6. The van der Waals surface area contributed by atoms with Crippen molar-refractivity contribution in [2.24, 2.45) is 0 Å². The molecular weight excluding hydrogens is 463 g/mol. The molecule has 4 rings (SSSR count). The monoisotopic (exact) mass is 490 g/mol. The van der Waals surface area contributed by atoms with E-state index in [-0.39, 0.29) is 30.9 Å². The van der Waals surface area contributed by atoms with Crippen molar-refractivity contribution in [3.63, 3.8) is 0 Å². The molecule has 36 heavy (non-hydrogen) atoms. The molecule has 0 spiro atoms. The molecule has 1 N–H and O–H groups in total. The van der Waals surface area contributed by atoms with E-state index in [2.05, 4.69) is 15.4 Å². The van der Waals surface area contributed by atoms with Gasteiger partial charge in [-0.1, -0.05) is 42.5 Å². The molecular formula is C27H27FN4O4. The number of hydrogen-bond acceptors (Lipinski definition) is 6. The van der Waals surface area contributed by atoms with Crippen molar-refractivity contribution >= 4 is 11.6 Å². The second-order valence-electron chi connectivity index (χ2n) is 7.76. The zero-order valence-corrected chi connectivity index (χ0v) is 19.9. The standard InChI is InChI=1S/C27H27FN4O4/c1-2-34-15-16-36-27-30-26(21-9-6-10-22(28)17-21)32(31-27)24-13-11-23(12-14-24)29-25(33)19-35-18-20-7-4-3-5-8-20/h3-14,17H,2,15-16,18-19H2,1H3,(H,29,33). The molecule has 0 saturated heterocycles. The van der Waals surface area contributed by atoms with Crippen LogP contribution in [0.1, 0.15) is 12.5 Å². The Morgan fingerprint density at radius 2 is 1.78 bits per heavy atom. The molecule has 1 aromatic heterocycles. The van der Waals surface area contributed by atoms with E-state index in [1.165, 1.54) is 12.1 Å². The summed E-state index contributed by atoms with van der Waals surface area (Å²) < 4.78 is 31.8. The van der Waals surface area contributed by atoms with Gasteiger partial charge < -0.3 is 19.5 Å². The van der Waals surface area contributed by atoms with E-state index in [9.17, 15) is 9.18 Å². The van der Waals surface area contributed by atoms with Crippen LogP contribution in [0.5, 0.6) is 6.01 Å². The van der Waals surface area contributed by atoms with Crippen molar-refractivity contribution in [1.82, 2.24) is 14.8 Å². The molecule has 0 aliphatic heterocycles. The third-order valence-corrected chi connectivity index (χ3v) is 5.07. The van der Waals surface area contributed by atoms with Gasteiger partial charge in [0.25, 0.3) is 0 Å². The van der Waals surface area contributed by atoms with E-state index >= 15 is 0 Å². The van der Waals surface area contributed by atoms with Crippen molar-refractivity contribution in [1.29, 1.82) is 0 Å². The second-order valence-corrected chi connectivity index (χ2v) is 7.76. The molecule has 1 amide bonds. The molecule has 1 heterocycles. The van der Waals surface area contributed by atoms with Crippen molar-refractivity contribution in [2.75, 3.05) is 31.7 Å². The van der Waals surface area contributed by atoms with Crippen molar-refractivity contribution in [3.8, 4) is 23.1 Å². The molecule has 0 unspecified atom stereocenters. The zero-order valence-electron chi connectivity index (χ0n) is 19.9. The summed E-state index contributed by atoms with van der Waals surface area (Å²) in [6, 6.07) is 23.0. The lowest BCUT2D eigenvalue weighted by molar-refractivity contribution is -0.121. The number of carbonyl (C=O) groups is 1. The van der Waals surface area contributed by atoms with Gasteiger partial charge in [-0.2, -0.15) is 4.98 Å². The minimum atomic E-state index is -0.381. The van der Waals surface area contributed by atoms with Gasteiger partial charge in [-0.3, -0.25) is 4.79 Å². The molecule has 4 aromatic rings. The summed E-state index contributed by atoms with van der Waals surface area (Å²) in [6.07, 6.45) is 0. The quantitative estimate of drug-likeness (QED) is 0.291. The normalized spacial score (nSPS) is 10.8. The first-order valence-corrected chi connectivity index (χ1v) is 11.6. The highest BCUT2D eigenvalue weighted by molar-refractivity contribution is 5.91. The van der Waals surface area contributed by atoms with E-state index in [0.29, 0.717) is 42.6 Å². The lowest BCUT2D eigenvalue weighted by Crippen LogP contribution is -2.18. The predicted molar refractivity (Wildman–Crippen MR) is 133 cm³/mol. The summed E-state index contributed by atoms with van der Waals surface area (Å²) in [5, 5.41) is 7.25. The number of rotatable bonds is 12. The molecule has 0 fully saturated rings. The Hall–Kier alpha value is -4.08. The highest BCUT2D eigenvalue weighted by Crippen LogP contribution is 2.25. The summed E-state index contributed by atoms with van der Waals surface area (Å²) in [5.41, 5.74) is 2.82. The number of benzene rings is 3. The Labute approximate surface area is 208 Å². The minimum Gasteiger partial charge on any atom is -0.460 e. The number of nitrogens with zero attached hydrogens (tertiary/aromatic N) is 3. The van der Waals surface area contributed by atoms with E-state index in [1.807, 2.05) is 37.3 Å². The molecule has 0 bridgehead atoms. The number of halogens is 1. The number of carbonyl (C=O) groups excluding carboxylic acids is 1. The number of anilines is 1. The van der Waals surface area contributed by atoms with E-state index in [4.69, 9.17) is 14.2 Å². The Morgan fingerprint density at radius 1 is 0.972 bits per heavy atom. The smallest absolute Gasteiger partial charge is 0.336 e. The lowest BCUT2D eigenvalue weighted by Gasteiger charge is -2.09. The van der Waals surface area contributed by atoms with Crippen LogP contribution in [0.2, 0.25) is 0 Å². The van der Waals surface area contributed by atoms with Crippen molar-refractivity contribution < 1.29 is 23.4 Å². The maximum absolute atomic E-state index is 13.9. The molecule has 3 aromatic carbocycles. The van der Waals surface area contributed by atoms with Gasteiger partial charge in [0, 0.05) is 17.9 Å². The van der Waals surface area contributed by atoms with Gasteiger partial charge in [-0.25, -0.2) is 9.07 Å². The van der Waals surface area contributed by atoms with Crippen LogP contribution in [-0.2, 0) is 20.9 Å². The number of nitrogens with one attached hydrogen (secondary N) is 1. The molecule has 0 aliphatic carbocycles. The molecule has 186 valence electrons. The maximum Gasteiger partial charge on any atom is 0.336 e. The summed E-state index contributed by atoms with van der Waals surface area (Å²) in [5.74, 6) is -0.217. The molecule has 9 heteroatoms. The fraction of sp³-hybridized carbons (Fsp3) is 0.222. The van der Waals surface area contributed by atoms with E-state index in [1.54, 1.807) is 41.1 Å². The third-order valence-electron chi connectivity index (χ3n) is 5.07. The van der Waals surface area contributed by atoms with Gasteiger partial charge in [0.1, 0.15) is 19.0 Å². The Kier molecular flexibility index (Phi) is 8.74. The van der Waals surface area contributed by atoms with Gasteiger partial charge >= 0.3 is 6.01 Å². The maximum atomic E-state index is 13.9. The highest BCUT2D eigenvalue weighted by atomic mass is 19.1. The van der Waals surface area contributed by atoms with E-state index < -0.39 is 0 Å². The van der Waals surface area contributed by atoms with Crippen LogP contribution >= 0.6 is 0 Å². The van der Waals surface area contributed by atoms with Gasteiger partial charge in [-0.15, -0.1) is 5.10 Å². The lowest BCUT2D eigenvalue weighted by atomic mass is 10.2. The fourth-order valence-electron chi connectivity index (χ4n) is 3.40. The largest absolute Gasteiger partial charge is 0.460 e. The number of aromatic nitrogens is 3. The highest BCUT2D eigenvalue weighted by Gasteiger charge is 2.16. The fourth-order valence-corrected chi connectivity index (χ4v) is 3.40. The van der Waals surface area contributed by atoms with Gasteiger partial charge in [0.05, 0.1) is 18.9 Å². The van der Waals surface area contributed by atoms with Crippen LogP contribution in [0.3, 0.4) is 0 Å². The topological polar surface area (TPSA) is 87.5 Å². The first kappa shape index (κ1) is 25.0. The average Bonchev–Trinajstić information content (AvgIpc) is 3.32. The first-order valence-electron chi connectivity index (χ1n) is 11.6. The summed E-state index contributed by atoms with van der Waals surface area (Å²) in [6.45, 7) is 3.48. The van der Waals surface area contributed by atoms with E-state index in [0.717, 1.165) is 5.56 Å². The summed E-state index contributed by atoms with van der Waals surface area (Å²) >= 11 is 0. The molecule has 0 radical (unpaired) electrons. The van der Waals surface area contributed by atoms with Crippen molar-refractivity contribution in [3.05, 3.63) is 90.2 Å². The van der Waals surface area contributed by atoms with Crippen LogP contribution in [0.15, 0.2) is 78.9 Å². The number of ether oxygens (including phenoxy) is 3. The Balaban J connectivity index is 1.44. The van der Waals surface area contributed by atoms with Crippen LogP contribution in [0, 0.1) is 5.82 Å². The minimum absolute atomic E-state index is 0.0636. The molecule has 0 aliphatic rings. The van der Waals surface area contributed by atoms with Gasteiger partial charge in [0.15, 0.2) is 5.82 Å². The summed E-state index contributed by atoms with van der Waals surface area (Å²) in [4.78, 5) is 16.7. The second kappa shape index (κ2) is 12.6. The average molecular weight is 491 g/mol. The Bertz CT molecular complexity index is 1260. The van der Waals surface area contributed by atoms with Crippen LogP contribution in [0.4, 0.5) is 10.1 Å². The molecule has 0 atom stereocenters. The van der Waals surface area contributed by atoms with Crippen LogP contribution in [-0.4, -0.2) is 47.1 Å². The predicted octanol–water partition coefficient (Wildman–Crippen LogP) is 4.64. The zero-order chi connectivity index (χ0) is 25.2. The molecule has 8 nitrogen and oxygen atoms in total. The van der Waals surface area contributed by atoms with Crippen LogP contribution in [0.25, 0.3) is 17.1 Å². The third kappa shape index (κ3) is 6.97. The van der Waals surface area contributed by atoms with Crippen molar-refractivity contribution in [2.45, 2.75) is 13.5 Å². The number of hydrogen-bond donors (Lipinski definition) is 1.